The van der Waals surface area contributed by atoms with Gasteiger partial charge in [-0.2, -0.15) is 0 Å². The first-order valence-electron chi connectivity index (χ1n) is 9.26. The van der Waals surface area contributed by atoms with Gasteiger partial charge in [0.25, 0.3) is 0 Å². The number of hydrogen-bond donors (Lipinski definition) is 0. The van der Waals surface area contributed by atoms with E-state index >= 15 is 0 Å². The lowest BCUT2D eigenvalue weighted by atomic mass is 9.87. The average molecular weight is 347 g/mol. The van der Waals surface area contributed by atoms with Crippen molar-refractivity contribution in [1.29, 1.82) is 0 Å². The van der Waals surface area contributed by atoms with E-state index in [4.69, 9.17) is 4.74 Å². The smallest absolute Gasteiger partial charge is 0.121 e. The van der Waals surface area contributed by atoms with Gasteiger partial charge in [-0.3, -0.25) is 0 Å². The zero-order chi connectivity index (χ0) is 18.3. The monoisotopic (exact) mass is 347 g/mol. The summed E-state index contributed by atoms with van der Waals surface area (Å²) in [6.45, 7) is 9.23. The lowest BCUT2D eigenvalue weighted by Gasteiger charge is -2.27. The summed E-state index contributed by atoms with van der Waals surface area (Å²) in [6, 6.07) is 17.0. The van der Waals surface area contributed by atoms with Crippen molar-refractivity contribution in [3.05, 3.63) is 59.7 Å². The van der Waals surface area contributed by atoms with E-state index in [2.05, 4.69) is 86.5 Å². The Labute approximate surface area is 154 Å². The van der Waals surface area contributed by atoms with Crippen molar-refractivity contribution in [1.82, 2.24) is 15.0 Å². The number of hydrogen-bond acceptors (Lipinski definition) is 3. The molecule has 0 aliphatic heterocycles. The van der Waals surface area contributed by atoms with Crippen LogP contribution in [0.15, 0.2) is 48.5 Å². The van der Waals surface area contributed by atoms with Crippen molar-refractivity contribution in [2.75, 3.05) is 6.61 Å². The molecule has 1 atom stereocenters. The molecule has 0 saturated heterocycles. The minimum absolute atomic E-state index is 0.0221. The van der Waals surface area contributed by atoms with Gasteiger partial charge >= 0.3 is 0 Å². The average Bonchev–Trinajstić information content (AvgIpc) is 3.05. The van der Waals surface area contributed by atoms with E-state index in [1.54, 1.807) is 0 Å². The van der Waals surface area contributed by atoms with Gasteiger partial charge in [0.1, 0.15) is 5.69 Å². The zero-order valence-electron chi connectivity index (χ0n) is 15.9. The summed E-state index contributed by atoms with van der Waals surface area (Å²) in [6.07, 6.45) is 0.858. The lowest BCUT2D eigenvalue weighted by molar-refractivity contribution is 0.0631. The normalized spacial score (nSPS) is 16.2. The van der Waals surface area contributed by atoms with E-state index in [-0.39, 0.29) is 11.6 Å². The third kappa shape index (κ3) is 2.74. The second-order valence-corrected chi connectivity index (χ2v) is 7.76. The Hall–Kier alpha value is -2.46. The van der Waals surface area contributed by atoms with Crippen LogP contribution in [0.25, 0.3) is 22.5 Å². The van der Waals surface area contributed by atoms with Crippen LogP contribution < -0.4 is 0 Å². The summed E-state index contributed by atoms with van der Waals surface area (Å²) in [5.74, 6) is 0. The molecule has 4 rings (SSSR count). The molecule has 4 heteroatoms. The molecule has 0 fully saturated rings. The van der Waals surface area contributed by atoms with E-state index in [0.717, 1.165) is 28.9 Å². The van der Waals surface area contributed by atoms with Crippen LogP contribution >= 0.6 is 0 Å². The summed E-state index contributed by atoms with van der Waals surface area (Å²) in [7, 11) is 0. The molecular formula is C22H25N3O. The first-order chi connectivity index (χ1) is 12.5. The molecule has 0 saturated carbocycles. The third-order valence-corrected chi connectivity index (χ3v) is 4.91. The molecule has 134 valence electrons. The minimum atomic E-state index is -0.164. The van der Waals surface area contributed by atoms with Crippen molar-refractivity contribution in [3.63, 3.8) is 0 Å². The maximum atomic E-state index is 6.17. The topological polar surface area (TPSA) is 39.9 Å². The molecule has 1 aromatic heterocycles. The summed E-state index contributed by atoms with van der Waals surface area (Å²) in [5.41, 5.74) is 6.64. The molecule has 0 spiro atoms. The Morgan fingerprint density at radius 2 is 1.73 bits per heavy atom. The molecule has 2 aromatic carbocycles. The number of aromatic nitrogens is 3. The highest BCUT2D eigenvalue weighted by Crippen LogP contribution is 2.42. The van der Waals surface area contributed by atoms with Crippen molar-refractivity contribution < 1.29 is 4.74 Å². The highest BCUT2D eigenvalue weighted by molar-refractivity contribution is 5.82. The molecule has 3 aromatic rings. The molecule has 0 bridgehead atoms. The fourth-order valence-corrected chi connectivity index (χ4v) is 3.76. The number of fused-ring (bicyclic) bond motifs is 5. The Kier molecular flexibility index (Phi) is 4.16. The van der Waals surface area contributed by atoms with Gasteiger partial charge in [0.2, 0.25) is 0 Å². The number of nitrogens with zero attached hydrogens (tertiary/aromatic N) is 3. The van der Waals surface area contributed by atoms with Crippen molar-refractivity contribution >= 4 is 0 Å². The molecule has 0 radical (unpaired) electrons. The summed E-state index contributed by atoms with van der Waals surface area (Å²) in [4.78, 5) is 0. The van der Waals surface area contributed by atoms with Crippen LogP contribution in [0, 0.1) is 0 Å². The van der Waals surface area contributed by atoms with E-state index in [1.165, 1.54) is 11.1 Å². The molecule has 1 heterocycles. The predicted molar refractivity (Wildman–Crippen MR) is 104 cm³/mol. The fraction of sp³-hybridized carbons (Fsp3) is 0.364. The maximum absolute atomic E-state index is 6.17. The largest absolute Gasteiger partial charge is 0.373 e. The molecular weight excluding hydrogens is 322 g/mol. The maximum Gasteiger partial charge on any atom is 0.121 e. The molecule has 0 amide bonds. The van der Waals surface area contributed by atoms with Crippen LogP contribution in [-0.4, -0.2) is 21.6 Å². The minimum Gasteiger partial charge on any atom is -0.373 e. The quantitative estimate of drug-likeness (QED) is 0.655. The first-order valence-corrected chi connectivity index (χ1v) is 9.26. The van der Waals surface area contributed by atoms with Gasteiger partial charge in [0, 0.05) is 24.2 Å². The van der Waals surface area contributed by atoms with Gasteiger partial charge < -0.3 is 4.74 Å². The molecule has 1 aliphatic carbocycles. The summed E-state index contributed by atoms with van der Waals surface area (Å²) in [5, 5.41) is 9.16. The fourth-order valence-electron chi connectivity index (χ4n) is 3.76. The van der Waals surface area contributed by atoms with Crippen molar-refractivity contribution in [3.8, 4) is 22.5 Å². The second kappa shape index (κ2) is 6.36. The van der Waals surface area contributed by atoms with Gasteiger partial charge in [0.05, 0.1) is 17.3 Å². The van der Waals surface area contributed by atoms with E-state index < -0.39 is 0 Å². The zero-order valence-corrected chi connectivity index (χ0v) is 15.9. The van der Waals surface area contributed by atoms with Crippen LogP contribution in [-0.2, 0) is 16.7 Å². The highest BCUT2D eigenvalue weighted by atomic mass is 16.5. The van der Waals surface area contributed by atoms with Gasteiger partial charge in [-0.15, -0.1) is 5.10 Å². The number of rotatable bonds is 2. The first kappa shape index (κ1) is 17.0. The molecule has 1 unspecified atom stereocenters. The Morgan fingerprint density at radius 1 is 1.04 bits per heavy atom. The van der Waals surface area contributed by atoms with Gasteiger partial charge in [-0.1, -0.05) is 53.7 Å². The molecule has 26 heavy (non-hydrogen) atoms. The van der Waals surface area contributed by atoms with Gasteiger partial charge in [0.15, 0.2) is 0 Å². The SMILES string of the molecule is CCOC1Cc2ccccc2-c2nnn(C(C)(C)C)c2-c2ccccc21. The van der Waals surface area contributed by atoms with E-state index in [9.17, 15) is 0 Å². The number of benzene rings is 2. The Balaban J connectivity index is 2.08. The van der Waals surface area contributed by atoms with Crippen LogP contribution in [0.3, 0.4) is 0 Å². The molecule has 4 nitrogen and oxygen atoms in total. The van der Waals surface area contributed by atoms with Gasteiger partial charge in [-0.25, -0.2) is 4.68 Å². The molecule has 1 aliphatic rings. The third-order valence-electron chi connectivity index (χ3n) is 4.91. The predicted octanol–water partition coefficient (Wildman–Crippen LogP) is 5.00. The van der Waals surface area contributed by atoms with Crippen LogP contribution in [0.5, 0.6) is 0 Å². The number of ether oxygens (including phenoxy) is 1. The van der Waals surface area contributed by atoms with Gasteiger partial charge in [-0.05, 0) is 38.8 Å². The summed E-state index contributed by atoms with van der Waals surface area (Å²) >= 11 is 0. The van der Waals surface area contributed by atoms with E-state index in [0.29, 0.717) is 6.61 Å². The second-order valence-electron chi connectivity index (χ2n) is 7.76. The van der Waals surface area contributed by atoms with E-state index in [1.807, 2.05) is 4.68 Å². The molecule has 0 N–H and O–H groups in total. The highest BCUT2D eigenvalue weighted by Gasteiger charge is 2.30. The summed E-state index contributed by atoms with van der Waals surface area (Å²) < 4.78 is 8.22. The van der Waals surface area contributed by atoms with Crippen LogP contribution in [0.4, 0.5) is 0 Å². The standard InChI is InChI=1S/C22H25N3O/c1-5-26-19-14-15-10-6-7-11-16(15)20-21(18-13-9-8-12-17(18)19)25(24-23-20)22(2,3)4/h6-13,19H,5,14H2,1-4H3. The van der Waals surface area contributed by atoms with Crippen LogP contribution in [0.1, 0.15) is 44.9 Å². The van der Waals surface area contributed by atoms with Crippen molar-refractivity contribution in [2.45, 2.75) is 45.8 Å². The van der Waals surface area contributed by atoms with Crippen molar-refractivity contribution in [2.24, 2.45) is 0 Å². The Morgan fingerprint density at radius 3 is 2.46 bits per heavy atom. The lowest BCUT2D eigenvalue weighted by Crippen LogP contribution is -2.25. The Bertz CT molecular complexity index is 937. The van der Waals surface area contributed by atoms with Crippen LogP contribution in [0.2, 0.25) is 0 Å².